The molecule has 0 saturated heterocycles. The molecule has 2 saturated carbocycles. The summed E-state index contributed by atoms with van der Waals surface area (Å²) in [6.45, 7) is 2.30. The van der Waals surface area contributed by atoms with Crippen molar-refractivity contribution in [2.24, 2.45) is 17.3 Å². The van der Waals surface area contributed by atoms with Crippen LogP contribution in [0.1, 0.15) is 55.3 Å². The highest BCUT2D eigenvalue weighted by Crippen LogP contribution is 2.62. The van der Waals surface area contributed by atoms with Crippen molar-refractivity contribution in [1.82, 2.24) is 4.98 Å². The van der Waals surface area contributed by atoms with Gasteiger partial charge in [-0.1, -0.05) is 19.1 Å². The van der Waals surface area contributed by atoms with Crippen molar-refractivity contribution in [3.63, 3.8) is 0 Å². The maximum atomic E-state index is 11.2. The maximum absolute atomic E-state index is 11.2. The number of fused-ring (bicyclic) bond motifs is 5. The minimum Gasteiger partial charge on any atom is -0.508 e. The second kappa shape index (κ2) is 6.20. The first-order valence-electron chi connectivity index (χ1n) is 10.2. The van der Waals surface area contributed by atoms with E-state index in [2.05, 4.69) is 24.1 Å². The first-order valence-corrected chi connectivity index (χ1v) is 10.2. The molecule has 2 fully saturated rings. The molecule has 2 N–H and O–H groups in total. The maximum Gasteiger partial charge on any atom is 0.115 e. The normalized spacial score (nSPS) is 36.1. The number of aliphatic hydroxyl groups excluding tert-OH is 1. The predicted octanol–water partition coefficient (Wildman–Crippen LogP) is 4.70. The summed E-state index contributed by atoms with van der Waals surface area (Å²) in [6, 6.07) is 11.9. The molecule has 1 heterocycles. The van der Waals surface area contributed by atoms with Gasteiger partial charge in [0.2, 0.25) is 0 Å². The number of rotatable bonds is 1. The van der Waals surface area contributed by atoms with Crippen molar-refractivity contribution in [1.29, 1.82) is 0 Å². The molecule has 0 amide bonds. The van der Waals surface area contributed by atoms with E-state index in [1.807, 2.05) is 36.5 Å². The third kappa shape index (κ3) is 2.63. The summed E-state index contributed by atoms with van der Waals surface area (Å²) in [6.07, 6.45) is 8.90. The molecule has 1 aromatic heterocycles. The van der Waals surface area contributed by atoms with Gasteiger partial charge in [0.1, 0.15) is 5.75 Å². The van der Waals surface area contributed by atoms with Gasteiger partial charge in [-0.3, -0.25) is 4.98 Å². The van der Waals surface area contributed by atoms with Crippen LogP contribution in [0.4, 0.5) is 0 Å². The van der Waals surface area contributed by atoms with E-state index in [4.69, 9.17) is 0 Å². The van der Waals surface area contributed by atoms with Crippen molar-refractivity contribution in [3.8, 4) is 5.75 Å². The highest BCUT2D eigenvalue weighted by molar-refractivity contribution is 5.52. The van der Waals surface area contributed by atoms with E-state index in [1.165, 1.54) is 11.1 Å². The molecule has 27 heavy (non-hydrogen) atoms. The number of aromatic nitrogens is 1. The Morgan fingerprint density at radius 3 is 2.89 bits per heavy atom. The van der Waals surface area contributed by atoms with E-state index < -0.39 is 0 Å². The number of hydrogen-bond donors (Lipinski definition) is 2. The van der Waals surface area contributed by atoms with Gasteiger partial charge in [0.15, 0.2) is 0 Å². The Morgan fingerprint density at radius 1 is 1.19 bits per heavy atom. The molecule has 0 aliphatic heterocycles. The Labute approximate surface area is 160 Å². The molecular formula is C24H27NO2. The summed E-state index contributed by atoms with van der Waals surface area (Å²) < 4.78 is 0. The molecule has 5 atom stereocenters. The summed E-state index contributed by atoms with van der Waals surface area (Å²) in [5.41, 5.74) is 4.81. The summed E-state index contributed by atoms with van der Waals surface area (Å²) in [5, 5.41) is 21.0. The molecule has 0 bridgehead atoms. The van der Waals surface area contributed by atoms with Crippen molar-refractivity contribution in [2.75, 3.05) is 0 Å². The lowest BCUT2D eigenvalue weighted by Crippen LogP contribution is -2.44. The van der Waals surface area contributed by atoms with Gasteiger partial charge in [0, 0.05) is 11.6 Å². The smallest absolute Gasteiger partial charge is 0.115 e. The van der Waals surface area contributed by atoms with Crippen LogP contribution < -0.4 is 0 Å². The fourth-order valence-corrected chi connectivity index (χ4v) is 6.22. The Balaban J connectivity index is 1.49. The van der Waals surface area contributed by atoms with Gasteiger partial charge >= 0.3 is 0 Å². The SMILES string of the molecule is CC12CCC3c4ccc(O)cc4CCC3C1C/C(=C\c1ccccn1)C2O. The number of pyridine rings is 1. The topological polar surface area (TPSA) is 53.4 Å². The van der Waals surface area contributed by atoms with Gasteiger partial charge in [-0.15, -0.1) is 0 Å². The molecule has 3 aliphatic rings. The number of aliphatic hydroxyl groups is 1. The van der Waals surface area contributed by atoms with Crippen molar-refractivity contribution in [2.45, 2.75) is 51.0 Å². The first kappa shape index (κ1) is 17.0. The van der Waals surface area contributed by atoms with Gasteiger partial charge in [-0.05, 0) is 96.9 Å². The van der Waals surface area contributed by atoms with Gasteiger partial charge in [0.05, 0.1) is 11.8 Å². The first-order chi connectivity index (χ1) is 13.1. The Morgan fingerprint density at radius 2 is 2.07 bits per heavy atom. The second-order valence-corrected chi connectivity index (χ2v) is 8.92. The van der Waals surface area contributed by atoms with Crippen LogP contribution in [-0.4, -0.2) is 21.3 Å². The molecular weight excluding hydrogens is 334 g/mol. The van der Waals surface area contributed by atoms with Crippen LogP contribution in [0.2, 0.25) is 0 Å². The molecule has 2 aromatic rings. The van der Waals surface area contributed by atoms with Crippen LogP contribution >= 0.6 is 0 Å². The van der Waals surface area contributed by atoms with Crippen LogP contribution in [0.15, 0.2) is 48.2 Å². The zero-order valence-corrected chi connectivity index (χ0v) is 15.8. The molecule has 5 rings (SSSR count). The highest BCUT2D eigenvalue weighted by atomic mass is 16.3. The van der Waals surface area contributed by atoms with Gasteiger partial charge in [-0.2, -0.15) is 0 Å². The Bertz CT molecular complexity index is 891. The van der Waals surface area contributed by atoms with E-state index >= 15 is 0 Å². The minimum absolute atomic E-state index is 0.0315. The van der Waals surface area contributed by atoms with E-state index in [-0.39, 0.29) is 11.5 Å². The number of nitrogens with zero attached hydrogens (tertiary/aromatic N) is 1. The third-order valence-electron chi connectivity index (χ3n) is 7.60. The molecule has 140 valence electrons. The number of aromatic hydroxyl groups is 1. The van der Waals surface area contributed by atoms with Gasteiger partial charge in [-0.25, -0.2) is 0 Å². The number of benzene rings is 1. The van der Waals surface area contributed by atoms with Crippen LogP contribution in [0, 0.1) is 17.3 Å². The van der Waals surface area contributed by atoms with Crippen molar-refractivity contribution in [3.05, 3.63) is 65.0 Å². The summed E-state index contributed by atoms with van der Waals surface area (Å²) in [5.74, 6) is 2.08. The Hall–Kier alpha value is -2.13. The van der Waals surface area contributed by atoms with Crippen molar-refractivity contribution >= 4 is 6.08 Å². The van der Waals surface area contributed by atoms with Crippen molar-refractivity contribution < 1.29 is 10.2 Å². The monoisotopic (exact) mass is 361 g/mol. The number of phenolic OH excluding ortho intramolecular Hbond substituents is 1. The lowest BCUT2D eigenvalue weighted by atomic mass is 9.55. The average Bonchev–Trinajstić information content (AvgIpc) is 2.93. The Kier molecular flexibility index (Phi) is 3.90. The summed E-state index contributed by atoms with van der Waals surface area (Å²) in [7, 11) is 0. The standard InChI is InChI=1S/C24H27NO2/c1-24-10-9-20-19-8-6-18(26)13-15(19)5-7-21(20)22(24)14-16(23(24)27)12-17-4-2-3-11-25-17/h2-4,6,8,11-13,20-23,26-27H,5,7,9-10,14H2,1H3/b16-12+. The molecule has 0 radical (unpaired) electrons. The summed E-state index contributed by atoms with van der Waals surface area (Å²) in [4.78, 5) is 4.43. The van der Waals surface area contributed by atoms with E-state index in [0.29, 0.717) is 23.5 Å². The van der Waals surface area contributed by atoms with E-state index in [9.17, 15) is 10.2 Å². The predicted molar refractivity (Wildman–Crippen MR) is 106 cm³/mol. The van der Waals surface area contributed by atoms with E-state index in [0.717, 1.165) is 43.4 Å². The molecule has 3 nitrogen and oxygen atoms in total. The zero-order valence-electron chi connectivity index (χ0n) is 15.8. The minimum atomic E-state index is -0.369. The fourth-order valence-electron chi connectivity index (χ4n) is 6.22. The zero-order chi connectivity index (χ0) is 18.6. The number of aryl methyl sites for hydroxylation is 1. The van der Waals surface area contributed by atoms with Gasteiger partial charge in [0.25, 0.3) is 0 Å². The summed E-state index contributed by atoms with van der Waals surface area (Å²) >= 11 is 0. The lowest BCUT2D eigenvalue weighted by Gasteiger charge is -2.49. The average molecular weight is 361 g/mol. The lowest BCUT2D eigenvalue weighted by molar-refractivity contribution is -0.0158. The third-order valence-corrected chi connectivity index (χ3v) is 7.60. The molecule has 3 heteroatoms. The largest absolute Gasteiger partial charge is 0.508 e. The molecule has 5 unspecified atom stereocenters. The van der Waals surface area contributed by atoms with E-state index in [1.54, 1.807) is 0 Å². The van der Waals surface area contributed by atoms with Crippen LogP contribution in [-0.2, 0) is 6.42 Å². The van der Waals surface area contributed by atoms with Crippen LogP contribution in [0.3, 0.4) is 0 Å². The number of phenols is 1. The molecule has 1 aromatic carbocycles. The van der Waals surface area contributed by atoms with Gasteiger partial charge < -0.3 is 10.2 Å². The number of hydrogen-bond acceptors (Lipinski definition) is 3. The molecule has 3 aliphatic carbocycles. The van der Waals surface area contributed by atoms with Crippen LogP contribution in [0.25, 0.3) is 6.08 Å². The molecule has 0 spiro atoms. The highest BCUT2D eigenvalue weighted by Gasteiger charge is 2.56. The quantitative estimate of drug-likeness (QED) is 0.774. The fraction of sp³-hybridized carbons (Fsp3) is 0.458. The van der Waals surface area contributed by atoms with Crippen LogP contribution in [0.5, 0.6) is 5.75 Å². The second-order valence-electron chi connectivity index (χ2n) is 8.92.